The number of rotatable bonds is 8. The molecule has 0 aromatic heterocycles. The Hall–Kier alpha value is -4.71. The van der Waals surface area contributed by atoms with Gasteiger partial charge in [-0.2, -0.15) is 0 Å². The van der Waals surface area contributed by atoms with E-state index in [9.17, 15) is 19.5 Å². The predicted molar refractivity (Wildman–Crippen MR) is 157 cm³/mol. The molecule has 1 aliphatic heterocycles. The third-order valence-corrected chi connectivity index (χ3v) is 8.29. The van der Waals surface area contributed by atoms with E-state index in [-0.39, 0.29) is 29.2 Å². The summed E-state index contributed by atoms with van der Waals surface area (Å²) in [6, 6.07) is 30.9. The Bertz CT molecular complexity index is 1600. The molecule has 1 fully saturated rings. The van der Waals surface area contributed by atoms with E-state index < -0.39 is 5.97 Å². The summed E-state index contributed by atoms with van der Waals surface area (Å²) in [6.45, 7) is 1.42. The summed E-state index contributed by atoms with van der Waals surface area (Å²) < 4.78 is 0. The van der Waals surface area contributed by atoms with Crippen molar-refractivity contribution in [1.82, 2.24) is 10.2 Å². The number of amides is 2. The lowest BCUT2D eigenvalue weighted by Crippen LogP contribution is -2.38. The molecule has 0 bridgehead atoms. The van der Waals surface area contributed by atoms with Crippen molar-refractivity contribution in [3.05, 3.63) is 130 Å². The highest BCUT2D eigenvalue weighted by Gasteiger charge is 2.43. The SMILES string of the molecule is O=C(O)c1cccc(-c2ccc(CNC(=O)[C@H]3C[C@@H]3c3ccccc3)c3c2CCN(C(=O)Cc2ccccc2)C3)c1. The quantitative estimate of drug-likeness (QED) is 0.302. The zero-order valence-electron chi connectivity index (χ0n) is 22.8. The number of benzene rings is 4. The number of carbonyl (C=O) groups excluding carboxylic acids is 2. The van der Waals surface area contributed by atoms with Crippen molar-refractivity contribution in [1.29, 1.82) is 0 Å². The average Bonchev–Trinajstić information content (AvgIpc) is 3.82. The number of carboxylic acid groups (broad SMARTS) is 1. The van der Waals surface area contributed by atoms with E-state index in [1.54, 1.807) is 18.2 Å². The van der Waals surface area contributed by atoms with Gasteiger partial charge in [-0.1, -0.05) is 84.9 Å². The van der Waals surface area contributed by atoms with Crippen molar-refractivity contribution in [2.45, 2.75) is 38.3 Å². The highest BCUT2D eigenvalue weighted by molar-refractivity contribution is 5.90. The zero-order chi connectivity index (χ0) is 28.3. The van der Waals surface area contributed by atoms with Crippen molar-refractivity contribution in [2.24, 2.45) is 5.92 Å². The van der Waals surface area contributed by atoms with Crippen LogP contribution in [0.15, 0.2) is 97.1 Å². The highest BCUT2D eigenvalue weighted by Crippen LogP contribution is 2.47. The Morgan fingerprint density at radius 3 is 2.37 bits per heavy atom. The first-order valence-corrected chi connectivity index (χ1v) is 14.1. The van der Waals surface area contributed by atoms with Crippen LogP contribution in [0.3, 0.4) is 0 Å². The van der Waals surface area contributed by atoms with Crippen LogP contribution in [0, 0.1) is 5.92 Å². The maximum Gasteiger partial charge on any atom is 0.335 e. The van der Waals surface area contributed by atoms with Gasteiger partial charge in [0.25, 0.3) is 0 Å². The Kier molecular flexibility index (Phi) is 7.38. The van der Waals surface area contributed by atoms with Crippen molar-refractivity contribution in [3.63, 3.8) is 0 Å². The van der Waals surface area contributed by atoms with Crippen molar-refractivity contribution in [2.75, 3.05) is 6.54 Å². The van der Waals surface area contributed by atoms with Crippen LogP contribution in [0.5, 0.6) is 0 Å². The Labute approximate surface area is 239 Å². The van der Waals surface area contributed by atoms with Gasteiger partial charge in [0.2, 0.25) is 11.8 Å². The summed E-state index contributed by atoms with van der Waals surface area (Å²) >= 11 is 0. The van der Waals surface area contributed by atoms with Crippen LogP contribution >= 0.6 is 0 Å². The zero-order valence-corrected chi connectivity index (χ0v) is 22.8. The molecular formula is C35H32N2O4. The molecule has 206 valence electrons. The minimum Gasteiger partial charge on any atom is -0.478 e. The van der Waals surface area contributed by atoms with E-state index in [0.29, 0.717) is 32.5 Å². The highest BCUT2D eigenvalue weighted by atomic mass is 16.4. The number of carbonyl (C=O) groups is 3. The number of carboxylic acids is 1. The van der Waals surface area contributed by atoms with Crippen molar-refractivity contribution in [3.8, 4) is 11.1 Å². The van der Waals surface area contributed by atoms with Gasteiger partial charge in [0, 0.05) is 25.6 Å². The number of nitrogens with one attached hydrogen (secondary N) is 1. The lowest BCUT2D eigenvalue weighted by Gasteiger charge is -2.32. The normalized spacial score (nSPS) is 17.4. The minimum absolute atomic E-state index is 0.0183. The van der Waals surface area contributed by atoms with E-state index in [1.165, 1.54) is 5.56 Å². The molecular weight excluding hydrogens is 512 g/mol. The second-order valence-corrected chi connectivity index (χ2v) is 10.9. The summed E-state index contributed by atoms with van der Waals surface area (Å²) in [6.07, 6.45) is 1.85. The molecule has 0 saturated heterocycles. The Balaban J connectivity index is 1.25. The molecule has 1 aliphatic carbocycles. The summed E-state index contributed by atoms with van der Waals surface area (Å²) in [5.74, 6) is -0.598. The second-order valence-electron chi connectivity index (χ2n) is 10.9. The lowest BCUT2D eigenvalue weighted by atomic mass is 9.87. The molecule has 2 atom stereocenters. The molecule has 6 nitrogen and oxygen atoms in total. The van der Waals surface area contributed by atoms with Gasteiger partial charge in [-0.3, -0.25) is 9.59 Å². The topological polar surface area (TPSA) is 86.7 Å². The first-order chi connectivity index (χ1) is 20.0. The molecule has 2 N–H and O–H groups in total. The summed E-state index contributed by atoms with van der Waals surface area (Å²) in [5.41, 5.74) is 7.35. The Morgan fingerprint density at radius 2 is 1.61 bits per heavy atom. The summed E-state index contributed by atoms with van der Waals surface area (Å²) in [5, 5.41) is 12.7. The average molecular weight is 545 g/mol. The molecule has 2 aliphatic rings. The molecule has 1 heterocycles. The molecule has 2 amide bonds. The number of hydrogen-bond acceptors (Lipinski definition) is 3. The molecule has 4 aromatic carbocycles. The van der Waals surface area contributed by atoms with Gasteiger partial charge in [-0.25, -0.2) is 4.79 Å². The molecule has 0 unspecified atom stereocenters. The van der Waals surface area contributed by atoms with E-state index >= 15 is 0 Å². The maximum absolute atomic E-state index is 13.3. The summed E-state index contributed by atoms with van der Waals surface area (Å²) in [7, 11) is 0. The summed E-state index contributed by atoms with van der Waals surface area (Å²) in [4.78, 5) is 39.9. The van der Waals surface area contributed by atoms with Crippen LogP contribution in [-0.2, 0) is 35.5 Å². The van der Waals surface area contributed by atoms with Crippen LogP contribution in [0.25, 0.3) is 11.1 Å². The van der Waals surface area contributed by atoms with Crippen LogP contribution < -0.4 is 5.32 Å². The van der Waals surface area contributed by atoms with Crippen molar-refractivity contribution < 1.29 is 19.5 Å². The standard InChI is InChI=1S/C35H32N2O4/c38-33(18-23-8-3-1-4-9-23)37-17-16-29-28(25-12-7-13-26(19-25)35(40)41)15-14-27(32(29)22-37)21-36-34(39)31-20-30(31)24-10-5-2-6-11-24/h1-15,19,30-31H,16-18,20-22H2,(H,36,39)(H,40,41)/t30-,31+/m1/s1. The van der Waals surface area contributed by atoms with Gasteiger partial charge in [-0.05, 0) is 69.8 Å². The van der Waals surface area contributed by atoms with Crippen molar-refractivity contribution >= 4 is 17.8 Å². The first kappa shape index (κ1) is 26.5. The van der Waals surface area contributed by atoms with Gasteiger partial charge >= 0.3 is 5.97 Å². The molecule has 6 heteroatoms. The fraction of sp³-hybridized carbons (Fsp3) is 0.229. The minimum atomic E-state index is -0.966. The van der Waals surface area contributed by atoms with E-state index in [4.69, 9.17) is 0 Å². The van der Waals surface area contributed by atoms with Crippen LogP contribution in [0.2, 0.25) is 0 Å². The maximum atomic E-state index is 13.3. The van der Waals surface area contributed by atoms with Crippen LogP contribution in [0.4, 0.5) is 0 Å². The van der Waals surface area contributed by atoms with Gasteiger partial charge in [0.1, 0.15) is 0 Å². The van der Waals surface area contributed by atoms with E-state index in [1.807, 2.05) is 71.6 Å². The van der Waals surface area contributed by atoms with Gasteiger partial charge in [0.05, 0.1) is 12.0 Å². The smallest absolute Gasteiger partial charge is 0.335 e. The lowest BCUT2D eigenvalue weighted by molar-refractivity contribution is -0.131. The number of hydrogen-bond donors (Lipinski definition) is 2. The monoisotopic (exact) mass is 544 g/mol. The molecule has 41 heavy (non-hydrogen) atoms. The molecule has 4 aromatic rings. The third kappa shape index (κ3) is 5.78. The van der Waals surface area contributed by atoms with Gasteiger partial charge in [-0.15, -0.1) is 0 Å². The molecule has 1 saturated carbocycles. The van der Waals surface area contributed by atoms with E-state index in [2.05, 4.69) is 17.4 Å². The van der Waals surface area contributed by atoms with Crippen LogP contribution in [0.1, 0.15) is 50.5 Å². The number of fused-ring (bicyclic) bond motifs is 1. The fourth-order valence-electron chi connectivity index (χ4n) is 5.96. The van der Waals surface area contributed by atoms with Gasteiger partial charge in [0.15, 0.2) is 0 Å². The number of aromatic carboxylic acids is 1. The molecule has 6 rings (SSSR count). The number of nitrogens with zero attached hydrogens (tertiary/aromatic N) is 1. The van der Waals surface area contributed by atoms with E-state index in [0.717, 1.165) is 39.8 Å². The fourth-order valence-corrected chi connectivity index (χ4v) is 5.96. The predicted octanol–water partition coefficient (Wildman–Crippen LogP) is 5.60. The molecule has 0 spiro atoms. The second kappa shape index (κ2) is 11.4. The third-order valence-electron chi connectivity index (χ3n) is 8.29. The molecule has 0 radical (unpaired) electrons. The van der Waals surface area contributed by atoms with Gasteiger partial charge < -0.3 is 15.3 Å². The largest absolute Gasteiger partial charge is 0.478 e. The Morgan fingerprint density at radius 1 is 0.854 bits per heavy atom. The van der Waals surface area contributed by atoms with Crippen LogP contribution in [-0.4, -0.2) is 34.3 Å². The first-order valence-electron chi connectivity index (χ1n) is 14.1.